The quantitative estimate of drug-likeness (QED) is 0.699. The Morgan fingerprint density at radius 1 is 1.62 bits per heavy atom. The van der Waals surface area contributed by atoms with E-state index in [9.17, 15) is 9.90 Å². The van der Waals surface area contributed by atoms with Crippen molar-refractivity contribution < 1.29 is 9.90 Å². The van der Waals surface area contributed by atoms with E-state index in [1.54, 1.807) is 6.07 Å². The molecule has 13 heavy (non-hydrogen) atoms. The highest BCUT2D eigenvalue weighted by Gasteiger charge is 2.14. The predicted molar refractivity (Wildman–Crippen MR) is 47.8 cm³/mol. The van der Waals surface area contributed by atoms with Crippen molar-refractivity contribution in [3.05, 3.63) is 28.3 Å². The second-order valence-electron chi connectivity index (χ2n) is 2.48. The molecule has 1 aromatic carbocycles. The molecule has 0 fully saturated rings. The predicted octanol–water partition coefficient (Wildman–Crippen LogP) is 2.12. The topological polar surface area (TPSA) is 61.1 Å². The molecule has 66 valence electrons. The minimum Gasteiger partial charge on any atom is -0.507 e. The minimum absolute atomic E-state index is 0.0694. The van der Waals surface area contributed by atoms with Crippen LogP contribution in [0.25, 0.3) is 0 Å². The fourth-order valence-electron chi connectivity index (χ4n) is 1.02. The third-order valence-electron chi connectivity index (χ3n) is 1.60. The van der Waals surface area contributed by atoms with Gasteiger partial charge in [-0.2, -0.15) is 5.26 Å². The first-order chi connectivity index (χ1) is 6.07. The Morgan fingerprint density at radius 3 is 2.62 bits per heavy atom. The van der Waals surface area contributed by atoms with E-state index in [1.165, 1.54) is 19.1 Å². The van der Waals surface area contributed by atoms with Crippen LogP contribution in [-0.4, -0.2) is 10.9 Å². The molecule has 1 rings (SSSR count). The maximum absolute atomic E-state index is 11.1. The summed E-state index contributed by atoms with van der Waals surface area (Å²) in [6.45, 7) is 1.29. The molecule has 0 unspecified atom stereocenters. The van der Waals surface area contributed by atoms with Gasteiger partial charge >= 0.3 is 0 Å². The SMILES string of the molecule is CC(=O)c1c(Cl)ccc(O)c1C#N. The third kappa shape index (κ3) is 1.63. The minimum atomic E-state index is -0.336. The maximum Gasteiger partial charge on any atom is 0.162 e. The normalized spacial score (nSPS) is 9.31. The number of hydrogen-bond acceptors (Lipinski definition) is 3. The van der Waals surface area contributed by atoms with Crippen molar-refractivity contribution in [2.24, 2.45) is 0 Å². The van der Waals surface area contributed by atoms with Gasteiger partial charge in [0, 0.05) is 0 Å². The summed E-state index contributed by atoms with van der Waals surface area (Å²) >= 11 is 5.69. The van der Waals surface area contributed by atoms with Gasteiger partial charge in [0.15, 0.2) is 5.78 Å². The Labute approximate surface area is 80.2 Å². The van der Waals surface area contributed by atoms with Crippen molar-refractivity contribution in [2.45, 2.75) is 6.92 Å². The van der Waals surface area contributed by atoms with E-state index >= 15 is 0 Å². The van der Waals surface area contributed by atoms with Crippen molar-refractivity contribution in [1.29, 1.82) is 5.26 Å². The van der Waals surface area contributed by atoms with Gasteiger partial charge in [0.05, 0.1) is 10.6 Å². The lowest BCUT2D eigenvalue weighted by molar-refractivity contribution is 0.101. The number of hydrogen-bond donors (Lipinski definition) is 1. The molecular weight excluding hydrogens is 190 g/mol. The van der Waals surface area contributed by atoms with Crippen LogP contribution in [0.1, 0.15) is 22.8 Å². The number of nitrogens with zero attached hydrogens (tertiary/aromatic N) is 1. The highest BCUT2D eigenvalue weighted by atomic mass is 35.5. The first-order valence-electron chi connectivity index (χ1n) is 3.50. The molecule has 0 saturated heterocycles. The smallest absolute Gasteiger partial charge is 0.162 e. The van der Waals surface area contributed by atoms with Gasteiger partial charge in [-0.25, -0.2) is 0 Å². The summed E-state index contributed by atoms with van der Waals surface area (Å²) in [7, 11) is 0. The van der Waals surface area contributed by atoms with Crippen LogP contribution < -0.4 is 0 Å². The molecule has 0 amide bonds. The van der Waals surface area contributed by atoms with Crippen molar-refractivity contribution in [3.63, 3.8) is 0 Å². The van der Waals surface area contributed by atoms with Gasteiger partial charge < -0.3 is 5.11 Å². The fourth-order valence-corrected chi connectivity index (χ4v) is 1.31. The molecule has 3 nitrogen and oxygen atoms in total. The Balaban J connectivity index is 3.55. The molecular formula is C9H6ClNO2. The zero-order chi connectivity index (χ0) is 10.0. The number of carbonyl (C=O) groups is 1. The van der Waals surface area contributed by atoms with Crippen molar-refractivity contribution in [1.82, 2.24) is 0 Å². The molecule has 0 aliphatic carbocycles. The van der Waals surface area contributed by atoms with E-state index < -0.39 is 0 Å². The molecule has 0 spiro atoms. The Hall–Kier alpha value is -1.53. The van der Waals surface area contributed by atoms with E-state index in [0.29, 0.717) is 0 Å². The second-order valence-corrected chi connectivity index (χ2v) is 2.89. The van der Waals surface area contributed by atoms with Crippen LogP contribution in [0.2, 0.25) is 5.02 Å². The number of Topliss-reactive ketones (excluding diaryl/α,β-unsaturated/α-hetero) is 1. The number of nitriles is 1. The molecule has 0 aliphatic heterocycles. The summed E-state index contributed by atoms with van der Waals surface area (Å²) in [5.74, 6) is -0.561. The number of rotatable bonds is 1. The van der Waals surface area contributed by atoms with Crippen molar-refractivity contribution in [3.8, 4) is 11.8 Å². The average Bonchev–Trinajstić information content (AvgIpc) is 2.07. The van der Waals surface area contributed by atoms with Crippen LogP contribution in [0, 0.1) is 11.3 Å². The van der Waals surface area contributed by atoms with Crippen molar-refractivity contribution in [2.75, 3.05) is 0 Å². The van der Waals surface area contributed by atoms with Crippen LogP contribution in [0.15, 0.2) is 12.1 Å². The molecule has 0 radical (unpaired) electrons. The molecule has 0 saturated carbocycles. The summed E-state index contributed by atoms with van der Waals surface area (Å²) in [4.78, 5) is 11.1. The van der Waals surface area contributed by atoms with Gasteiger partial charge in [-0.15, -0.1) is 0 Å². The van der Waals surface area contributed by atoms with E-state index in [-0.39, 0.29) is 27.7 Å². The second kappa shape index (κ2) is 3.46. The Morgan fingerprint density at radius 2 is 2.23 bits per heavy atom. The Kier molecular flexibility index (Phi) is 2.54. The monoisotopic (exact) mass is 195 g/mol. The fraction of sp³-hybridized carbons (Fsp3) is 0.111. The summed E-state index contributed by atoms with van der Waals surface area (Å²) in [6, 6.07) is 4.40. The van der Waals surface area contributed by atoms with Crippen LogP contribution in [-0.2, 0) is 0 Å². The number of halogens is 1. The lowest BCUT2D eigenvalue weighted by Crippen LogP contribution is -1.98. The lowest BCUT2D eigenvalue weighted by Gasteiger charge is -2.03. The molecule has 0 bridgehead atoms. The summed E-state index contributed by atoms with van der Waals surface area (Å²) in [5.41, 5.74) is 0.00386. The molecule has 1 N–H and O–H groups in total. The molecule has 0 aliphatic rings. The standard InChI is InChI=1S/C9H6ClNO2/c1-5(12)9-6(4-11)8(13)3-2-7(9)10/h2-3,13H,1H3. The van der Waals surface area contributed by atoms with E-state index in [0.717, 1.165) is 0 Å². The first-order valence-corrected chi connectivity index (χ1v) is 3.88. The molecule has 0 aromatic heterocycles. The van der Waals surface area contributed by atoms with Crippen molar-refractivity contribution >= 4 is 17.4 Å². The highest BCUT2D eigenvalue weighted by molar-refractivity contribution is 6.34. The molecule has 0 heterocycles. The van der Waals surface area contributed by atoms with Gasteiger partial charge in [0.2, 0.25) is 0 Å². The number of ketones is 1. The van der Waals surface area contributed by atoms with Crippen LogP contribution in [0.5, 0.6) is 5.75 Å². The lowest BCUT2D eigenvalue weighted by atomic mass is 10.0. The van der Waals surface area contributed by atoms with E-state index in [1.807, 2.05) is 0 Å². The number of phenolic OH excluding ortho intramolecular Hbond substituents is 1. The van der Waals surface area contributed by atoms with Crippen LogP contribution in [0.3, 0.4) is 0 Å². The molecule has 1 aromatic rings. The van der Waals surface area contributed by atoms with E-state index in [4.69, 9.17) is 16.9 Å². The number of phenols is 1. The third-order valence-corrected chi connectivity index (χ3v) is 1.91. The maximum atomic E-state index is 11.1. The van der Waals surface area contributed by atoms with Crippen LogP contribution in [0.4, 0.5) is 0 Å². The average molecular weight is 196 g/mol. The van der Waals surface area contributed by atoms with Crippen LogP contribution >= 0.6 is 11.6 Å². The van der Waals surface area contributed by atoms with Gasteiger partial charge in [-0.1, -0.05) is 11.6 Å². The van der Waals surface area contributed by atoms with Gasteiger partial charge in [-0.05, 0) is 19.1 Å². The zero-order valence-corrected chi connectivity index (χ0v) is 7.59. The van der Waals surface area contributed by atoms with Gasteiger partial charge in [0.1, 0.15) is 17.4 Å². The Bertz CT molecular complexity index is 407. The highest BCUT2D eigenvalue weighted by Crippen LogP contribution is 2.27. The molecule has 4 heteroatoms. The zero-order valence-electron chi connectivity index (χ0n) is 6.84. The number of aromatic hydroxyl groups is 1. The summed E-state index contributed by atoms with van der Waals surface area (Å²) in [6.07, 6.45) is 0. The number of benzene rings is 1. The first kappa shape index (κ1) is 9.56. The number of carbonyl (C=O) groups excluding carboxylic acids is 1. The summed E-state index contributed by atoms with van der Waals surface area (Å²) in [5, 5.41) is 18.1. The van der Waals surface area contributed by atoms with Gasteiger partial charge in [0.25, 0.3) is 0 Å². The van der Waals surface area contributed by atoms with E-state index in [2.05, 4.69) is 0 Å². The van der Waals surface area contributed by atoms with Gasteiger partial charge in [-0.3, -0.25) is 4.79 Å². The summed E-state index contributed by atoms with van der Waals surface area (Å²) < 4.78 is 0. The molecule has 0 atom stereocenters. The largest absolute Gasteiger partial charge is 0.507 e.